The number of benzene rings is 1. The van der Waals surface area contributed by atoms with Crippen LogP contribution in [-0.4, -0.2) is 21.3 Å². The lowest BCUT2D eigenvalue weighted by atomic mass is 10.00. The second-order valence-electron chi connectivity index (χ2n) is 4.54. The fourth-order valence-corrected chi connectivity index (χ4v) is 2.44. The van der Waals surface area contributed by atoms with E-state index in [1.54, 1.807) is 21.3 Å². The van der Waals surface area contributed by atoms with E-state index in [9.17, 15) is 0 Å². The molecule has 0 bridgehead atoms. The second kappa shape index (κ2) is 6.74. The van der Waals surface area contributed by atoms with Crippen LogP contribution in [0.15, 0.2) is 12.1 Å². The molecule has 1 rings (SSSR count). The third-order valence-electron chi connectivity index (χ3n) is 2.74. The standard InChI is InChI=1S/C14H21ClO3/c1-9(2)6-11(15)14-12(17-4)7-10(16-3)8-13(14)18-5/h7-9,11H,6H2,1-5H3. The highest BCUT2D eigenvalue weighted by atomic mass is 35.5. The normalized spacial score (nSPS) is 12.4. The van der Waals surface area contributed by atoms with Gasteiger partial charge in [-0.2, -0.15) is 0 Å². The third-order valence-corrected chi connectivity index (χ3v) is 3.14. The minimum atomic E-state index is -0.138. The zero-order valence-electron chi connectivity index (χ0n) is 11.6. The van der Waals surface area contributed by atoms with Gasteiger partial charge in [0.05, 0.1) is 32.3 Å². The van der Waals surface area contributed by atoms with E-state index in [1.165, 1.54) is 0 Å². The molecule has 0 fully saturated rings. The second-order valence-corrected chi connectivity index (χ2v) is 5.07. The van der Waals surface area contributed by atoms with E-state index in [0.29, 0.717) is 23.2 Å². The topological polar surface area (TPSA) is 27.7 Å². The summed E-state index contributed by atoms with van der Waals surface area (Å²) in [7, 11) is 4.85. The summed E-state index contributed by atoms with van der Waals surface area (Å²) in [5.41, 5.74) is 0.885. The molecule has 1 aromatic carbocycles. The lowest BCUT2D eigenvalue weighted by molar-refractivity contribution is 0.365. The van der Waals surface area contributed by atoms with E-state index >= 15 is 0 Å². The van der Waals surface area contributed by atoms with E-state index < -0.39 is 0 Å². The van der Waals surface area contributed by atoms with Crippen LogP contribution in [0.2, 0.25) is 0 Å². The Labute approximate surface area is 114 Å². The summed E-state index contributed by atoms with van der Waals surface area (Å²) in [6.07, 6.45) is 0.862. The van der Waals surface area contributed by atoms with Gasteiger partial charge in [-0.05, 0) is 12.3 Å². The zero-order valence-corrected chi connectivity index (χ0v) is 12.4. The lowest BCUT2D eigenvalue weighted by Gasteiger charge is -2.19. The monoisotopic (exact) mass is 272 g/mol. The van der Waals surface area contributed by atoms with Crippen molar-refractivity contribution in [2.45, 2.75) is 25.6 Å². The molecule has 0 heterocycles. The van der Waals surface area contributed by atoms with Crippen LogP contribution in [0.25, 0.3) is 0 Å². The van der Waals surface area contributed by atoms with Crippen molar-refractivity contribution in [3.8, 4) is 17.2 Å². The van der Waals surface area contributed by atoms with Gasteiger partial charge in [-0.1, -0.05) is 13.8 Å². The molecule has 1 unspecified atom stereocenters. The van der Waals surface area contributed by atoms with Crippen molar-refractivity contribution >= 4 is 11.6 Å². The van der Waals surface area contributed by atoms with Crippen LogP contribution in [0.1, 0.15) is 31.2 Å². The zero-order chi connectivity index (χ0) is 13.7. The van der Waals surface area contributed by atoms with Crippen LogP contribution in [0.5, 0.6) is 17.2 Å². The van der Waals surface area contributed by atoms with Gasteiger partial charge in [-0.15, -0.1) is 11.6 Å². The van der Waals surface area contributed by atoms with Crippen molar-refractivity contribution in [2.75, 3.05) is 21.3 Å². The first-order valence-electron chi connectivity index (χ1n) is 5.97. The molecule has 0 amide bonds. The number of rotatable bonds is 6. The summed E-state index contributed by atoms with van der Waals surface area (Å²) >= 11 is 6.46. The number of hydrogen-bond acceptors (Lipinski definition) is 3. The molecule has 0 spiro atoms. The first-order valence-corrected chi connectivity index (χ1v) is 6.41. The van der Waals surface area contributed by atoms with Crippen molar-refractivity contribution in [1.82, 2.24) is 0 Å². The fourth-order valence-electron chi connectivity index (χ4n) is 1.87. The summed E-state index contributed by atoms with van der Waals surface area (Å²) in [5.74, 6) is 2.60. The van der Waals surface area contributed by atoms with E-state index in [4.69, 9.17) is 25.8 Å². The predicted octanol–water partition coefficient (Wildman–Crippen LogP) is 4.04. The van der Waals surface area contributed by atoms with Gasteiger partial charge in [0, 0.05) is 12.1 Å². The molecule has 1 aromatic rings. The molecule has 3 nitrogen and oxygen atoms in total. The number of alkyl halides is 1. The highest BCUT2D eigenvalue weighted by molar-refractivity contribution is 6.21. The summed E-state index contributed by atoms with van der Waals surface area (Å²) in [5, 5.41) is -0.138. The van der Waals surface area contributed by atoms with Gasteiger partial charge in [0.25, 0.3) is 0 Å². The molecule has 0 aliphatic carbocycles. The van der Waals surface area contributed by atoms with Crippen molar-refractivity contribution < 1.29 is 14.2 Å². The Morgan fingerprint density at radius 1 is 1.00 bits per heavy atom. The maximum absolute atomic E-state index is 6.46. The average Bonchev–Trinajstić information content (AvgIpc) is 2.35. The number of halogens is 1. The Balaban J connectivity index is 3.21. The summed E-state index contributed by atoms with van der Waals surface area (Å²) in [6, 6.07) is 3.65. The Morgan fingerprint density at radius 2 is 1.50 bits per heavy atom. The molecular weight excluding hydrogens is 252 g/mol. The molecule has 0 saturated carbocycles. The quantitative estimate of drug-likeness (QED) is 0.732. The smallest absolute Gasteiger partial charge is 0.130 e. The molecule has 4 heteroatoms. The lowest BCUT2D eigenvalue weighted by Crippen LogP contribution is -2.03. The molecule has 18 heavy (non-hydrogen) atoms. The van der Waals surface area contributed by atoms with Crippen molar-refractivity contribution in [1.29, 1.82) is 0 Å². The van der Waals surface area contributed by atoms with Crippen LogP contribution in [-0.2, 0) is 0 Å². The minimum Gasteiger partial charge on any atom is -0.496 e. The molecule has 0 aromatic heterocycles. The maximum Gasteiger partial charge on any atom is 0.130 e. The molecule has 1 atom stereocenters. The highest BCUT2D eigenvalue weighted by Gasteiger charge is 2.21. The Bertz CT molecular complexity index is 366. The molecule has 0 saturated heterocycles. The molecule has 102 valence electrons. The number of ether oxygens (including phenoxy) is 3. The van der Waals surface area contributed by atoms with Crippen LogP contribution in [0, 0.1) is 5.92 Å². The van der Waals surface area contributed by atoms with Gasteiger partial charge in [-0.25, -0.2) is 0 Å². The van der Waals surface area contributed by atoms with Crippen LogP contribution in [0.3, 0.4) is 0 Å². The van der Waals surface area contributed by atoms with E-state index in [2.05, 4.69) is 13.8 Å². The number of hydrogen-bond donors (Lipinski definition) is 0. The SMILES string of the molecule is COc1cc(OC)c(C(Cl)CC(C)C)c(OC)c1. The Morgan fingerprint density at radius 3 is 1.83 bits per heavy atom. The predicted molar refractivity (Wildman–Crippen MR) is 74.1 cm³/mol. The van der Waals surface area contributed by atoms with Crippen LogP contribution >= 0.6 is 11.6 Å². The molecule has 0 N–H and O–H groups in total. The maximum atomic E-state index is 6.46. The van der Waals surface area contributed by atoms with Gasteiger partial charge in [0.2, 0.25) is 0 Å². The fraction of sp³-hybridized carbons (Fsp3) is 0.571. The molecular formula is C14H21ClO3. The van der Waals surface area contributed by atoms with Gasteiger partial charge in [-0.3, -0.25) is 0 Å². The van der Waals surface area contributed by atoms with E-state index in [-0.39, 0.29) is 5.38 Å². The molecule has 0 aliphatic rings. The molecule has 0 radical (unpaired) electrons. The first-order chi connectivity index (χ1) is 8.53. The van der Waals surface area contributed by atoms with Crippen LogP contribution < -0.4 is 14.2 Å². The Kier molecular flexibility index (Phi) is 5.60. The summed E-state index contributed by atoms with van der Waals surface area (Å²) in [4.78, 5) is 0. The third kappa shape index (κ3) is 3.45. The van der Waals surface area contributed by atoms with Crippen molar-refractivity contribution in [2.24, 2.45) is 5.92 Å². The number of methoxy groups -OCH3 is 3. The van der Waals surface area contributed by atoms with Crippen LogP contribution in [0.4, 0.5) is 0 Å². The average molecular weight is 273 g/mol. The largest absolute Gasteiger partial charge is 0.496 e. The minimum absolute atomic E-state index is 0.138. The van der Waals surface area contributed by atoms with Gasteiger partial charge in [0.1, 0.15) is 17.2 Å². The highest BCUT2D eigenvalue weighted by Crippen LogP contribution is 2.43. The van der Waals surface area contributed by atoms with E-state index in [0.717, 1.165) is 12.0 Å². The van der Waals surface area contributed by atoms with Crippen molar-refractivity contribution in [3.05, 3.63) is 17.7 Å². The molecule has 0 aliphatic heterocycles. The summed E-state index contributed by atoms with van der Waals surface area (Å²) < 4.78 is 16.0. The van der Waals surface area contributed by atoms with Gasteiger partial charge >= 0.3 is 0 Å². The van der Waals surface area contributed by atoms with E-state index in [1.807, 2.05) is 12.1 Å². The van der Waals surface area contributed by atoms with Gasteiger partial charge in [0.15, 0.2) is 0 Å². The van der Waals surface area contributed by atoms with Gasteiger partial charge < -0.3 is 14.2 Å². The first kappa shape index (κ1) is 15.0. The van der Waals surface area contributed by atoms with Crippen molar-refractivity contribution in [3.63, 3.8) is 0 Å². The Hall–Kier alpha value is -1.09. The summed E-state index contributed by atoms with van der Waals surface area (Å²) in [6.45, 7) is 4.27.